The summed E-state index contributed by atoms with van der Waals surface area (Å²) in [5, 5.41) is 26.5. The molecule has 0 aromatic heterocycles. The number of rotatable bonds is 6. The van der Waals surface area contributed by atoms with E-state index in [0.29, 0.717) is 6.42 Å². The summed E-state index contributed by atoms with van der Waals surface area (Å²) >= 11 is 0. The standard InChI is InChI=1S/C8H14O4/c1-2-3-4-6(10)8(12)7(11)5-9/h2,6,8-10,12H,1,3-5H2/t6-,8+/m0/s1. The van der Waals surface area contributed by atoms with Gasteiger partial charge in [0.05, 0.1) is 6.10 Å². The lowest BCUT2D eigenvalue weighted by Gasteiger charge is -2.14. The van der Waals surface area contributed by atoms with Crippen molar-refractivity contribution in [2.45, 2.75) is 25.0 Å². The fourth-order valence-corrected chi connectivity index (χ4v) is 0.755. The molecule has 0 spiro atoms. The minimum Gasteiger partial charge on any atom is -0.390 e. The minimum atomic E-state index is -1.48. The van der Waals surface area contributed by atoms with Gasteiger partial charge in [-0.25, -0.2) is 0 Å². The predicted octanol–water partition coefficient (Wildman–Crippen LogP) is -0.764. The zero-order valence-corrected chi connectivity index (χ0v) is 6.81. The molecule has 2 atom stereocenters. The van der Waals surface area contributed by atoms with Crippen molar-refractivity contribution < 1.29 is 20.1 Å². The molecule has 4 heteroatoms. The van der Waals surface area contributed by atoms with Crippen LogP contribution in [0.3, 0.4) is 0 Å². The predicted molar refractivity (Wildman–Crippen MR) is 43.5 cm³/mol. The van der Waals surface area contributed by atoms with Crippen LogP contribution in [0.1, 0.15) is 12.8 Å². The van der Waals surface area contributed by atoms with Crippen LogP contribution >= 0.6 is 0 Å². The molecule has 0 unspecified atom stereocenters. The van der Waals surface area contributed by atoms with Gasteiger partial charge in [0.2, 0.25) is 0 Å². The third-order valence-corrected chi connectivity index (χ3v) is 1.52. The SMILES string of the molecule is C=CCC[C@H](O)[C@@H](O)C(=O)CO. The summed E-state index contributed by atoms with van der Waals surface area (Å²) in [7, 11) is 0. The van der Waals surface area contributed by atoms with Gasteiger partial charge in [-0.15, -0.1) is 6.58 Å². The van der Waals surface area contributed by atoms with E-state index in [2.05, 4.69) is 6.58 Å². The Morgan fingerprint density at radius 1 is 1.50 bits per heavy atom. The van der Waals surface area contributed by atoms with Gasteiger partial charge in [0.1, 0.15) is 12.7 Å². The van der Waals surface area contributed by atoms with E-state index in [4.69, 9.17) is 15.3 Å². The Morgan fingerprint density at radius 2 is 2.08 bits per heavy atom. The highest BCUT2D eigenvalue weighted by atomic mass is 16.3. The number of aliphatic hydroxyl groups is 3. The van der Waals surface area contributed by atoms with Gasteiger partial charge < -0.3 is 15.3 Å². The highest BCUT2D eigenvalue weighted by Gasteiger charge is 2.22. The molecule has 0 radical (unpaired) electrons. The van der Waals surface area contributed by atoms with Crippen LogP contribution in [0.15, 0.2) is 12.7 Å². The molecule has 70 valence electrons. The molecule has 0 saturated carbocycles. The lowest BCUT2D eigenvalue weighted by molar-refractivity contribution is -0.135. The maximum atomic E-state index is 10.6. The van der Waals surface area contributed by atoms with E-state index in [0.717, 1.165) is 0 Å². The van der Waals surface area contributed by atoms with Crippen molar-refractivity contribution in [2.75, 3.05) is 6.61 Å². The number of aliphatic hydroxyl groups excluding tert-OH is 3. The number of Topliss-reactive ketones (excluding diaryl/α,β-unsaturated/α-hetero) is 1. The van der Waals surface area contributed by atoms with Gasteiger partial charge in [0.15, 0.2) is 5.78 Å². The second-order valence-corrected chi connectivity index (χ2v) is 2.50. The number of ketones is 1. The first kappa shape index (κ1) is 11.3. The Labute approximate surface area is 71.1 Å². The molecule has 3 N–H and O–H groups in total. The zero-order valence-electron chi connectivity index (χ0n) is 6.81. The van der Waals surface area contributed by atoms with Crippen LogP contribution in [-0.4, -0.2) is 39.9 Å². The van der Waals surface area contributed by atoms with Crippen molar-refractivity contribution in [1.82, 2.24) is 0 Å². The third kappa shape index (κ3) is 3.61. The van der Waals surface area contributed by atoms with E-state index in [-0.39, 0.29) is 6.42 Å². The van der Waals surface area contributed by atoms with Gasteiger partial charge >= 0.3 is 0 Å². The molecule has 0 saturated heterocycles. The summed E-state index contributed by atoms with van der Waals surface area (Å²) in [5.74, 6) is -0.758. The molecule has 0 amide bonds. The Morgan fingerprint density at radius 3 is 2.50 bits per heavy atom. The number of carbonyl (C=O) groups excluding carboxylic acids is 1. The van der Waals surface area contributed by atoms with Crippen LogP contribution in [0.2, 0.25) is 0 Å². The van der Waals surface area contributed by atoms with Crippen molar-refractivity contribution in [2.24, 2.45) is 0 Å². The van der Waals surface area contributed by atoms with Crippen LogP contribution in [0.25, 0.3) is 0 Å². The molecule has 0 aliphatic heterocycles. The number of hydrogen-bond donors (Lipinski definition) is 3. The van der Waals surface area contributed by atoms with Crippen molar-refractivity contribution in [3.05, 3.63) is 12.7 Å². The molecule has 0 fully saturated rings. The summed E-state index contributed by atoms with van der Waals surface area (Å²) in [5.41, 5.74) is 0. The molecule has 4 nitrogen and oxygen atoms in total. The quantitative estimate of drug-likeness (QED) is 0.462. The van der Waals surface area contributed by atoms with Crippen LogP contribution in [-0.2, 0) is 4.79 Å². The van der Waals surface area contributed by atoms with E-state index in [1.165, 1.54) is 0 Å². The summed E-state index contributed by atoms with van der Waals surface area (Å²) in [6.07, 6.45) is -0.204. The maximum absolute atomic E-state index is 10.6. The van der Waals surface area contributed by atoms with Crippen molar-refractivity contribution >= 4 is 5.78 Å². The molecule has 0 rings (SSSR count). The third-order valence-electron chi connectivity index (χ3n) is 1.52. The van der Waals surface area contributed by atoms with E-state index >= 15 is 0 Å². The number of carbonyl (C=O) groups is 1. The van der Waals surface area contributed by atoms with Crippen molar-refractivity contribution in [1.29, 1.82) is 0 Å². The van der Waals surface area contributed by atoms with E-state index in [9.17, 15) is 4.79 Å². The Hall–Kier alpha value is -0.710. The van der Waals surface area contributed by atoms with Crippen LogP contribution in [0.5, 0.6) is 0 Å². The number of allylic oxidation sites excluding steroid dienone is 1. The molecule has 0 heterocycles. The first-order chi connectivity index (χ1) is 5.63. The van der Waals surface area contributed by atoms with Gasteiger partial charge in [-0.3, -0.25) is 4.79 Å². The van der Waals surface area contributed by atoms with Crippen molar-refractivity contribution in [3.63, 3.8) is 0 Å². The average Bonchev–Trinajstić information content (AvgIpc) is 2.11. The fourth-order valence-electron chi connectivity index (χ4n) is 0.755. The highest BCUT2D eigenvalue weighted by molar-refractivity contribution is 5.84. The minimum absolute atomic E-state index is 0.274. The van der Waals surface area contributed by atoms with E-state index in [1.54, 1.807) is 6.08 Å². The first-order valence-corrected chi connectivity index (χ1v) is 3.74. The number of hydrogen-bond acceptors (Lipinski definition) is 4. The molecular formula is C8H14O4. The molecule has 12 heavy (non-hydrogen) atoms. The average molecular weight is 174 g/mol. The molecular weight excluding hydrogens is 160 g/mol. The van der Waals surface area contributed by atoms with Crippen LogP contribution in [0, 0.1) is 0 Å². The summed E-state index contributed by atoms with van der Waals surface area (Å²) in [6.45, 7) is 2.69. The van der Waals surface area contributed by atoms with Gasteiger partial charge in [-0.1, -0.05) is 6.08 Å². The summed E-state index contributed by atoms with van der Waals surface area (Å²) in [6, 6.07) is 0. The normalized spacial score (nSPS) is 15.2. The Bertz CT molecular complexity index is 155. The second-order valence-electron chi connectivity index (χ2n) is 2.50. The smallest absolute Gasteiger partial charge is 0.189 e. The lowest BCUT2D eigenvalue weighted by Crippen LogP contribution is -2.35. The lowest BCUT2D eigenvalue weighted by atomic mass is 10.1. The van der Waals surface area contributed by atoms with Gasteiger partial charge in [-0.05, 0) is 12.8 Å². The molecule has 0 aromatic carbocycles. The second kappa shape index (κ2) is 5.88. The molecule has 0 aliphatic rings. The first-order valence-electron chi connectivity index (χ1n) is 3.74. The fraction of sp³-hybridized carbons (Fsp3) is 0.625. The largest absolute Gasteiger partial charge is 0.390 e. The molecule has 0 aliphatic carbocycles. The molecule has 0 aromatic rings. The Kier molecular flexibility index (Phi) is 5.53. The molecule has 0 bridgehead atoms. The van der Waals surface area contributed by atoms with Gasteiger partial charge in [0, 0.05) is 0 Å². The Balaban J connectivity index is 3.82. The van der Waals surface area contributed by atoms with Crippen LogP contribution in [0.4, 0.5) is 0 Å². The monoisotopic (exact) mass is 174 g/mol. The van der Waals surface area contributed by atoms with Crippen molar-refractivity contribution in [3.8, 4) is 0 Å². The van der Waals surface area contributed by atoms with Crippen LogP contribution < -0.4 is 0 Å². The summed E-state index contributed by atoms with van der Waals surface area (Å²) in [4.78, 5) is 10.6. The maximum Gasteiger partial charge on any atom is 0.189 e. The van der Waals surface area contributed by atoms with E-state index < -0.39 is 24.6 Å². The zero-order chi connectivity index (χ0) is 9.56. The van der Waals surface area contributed by atoms with E-state index in [1.807, 2.05) is 0 Å². The highest BCUT2D eigenvalue weighted by Crippen LogP contribution is 2.03. The van der Waals surface area contributed by atoms with Gasteiger partial charge in [-0.2, -0.15) is 0 Å². The topological polar surface area (TPSA) is 77.8 Å². The summed E-state index contributed by atoms with van der Waals surface area (Å²) < 4.78 is 0. The van der Waals surface area contributed by atoms with Gasteiger partial charge in [0.25, 0.3) is 0 Å².